The van der Waals surface area contributed by atoms with Gasteiger partial charge in [0, 0.05) is 13.1 Å². The first kappa shape index (κ1) is 16.2. The van der Waals surface area contributed by atoms with Crippen molar-refractivity contribution in [1.82, 2.24) is 4.90 Å². The number of hydrogen-bond acceptors (Lipinski definition) is 4. The molecule has 0 aliphatic carbocycles. The van der Waals surface area contributed by atoms with Gasteiger partial charge in [-0.3, -0.25) is 4.79 Å². The summed E-state index contributed by atoms with van der Waals surface area (Å²) in [6.07, 6.45) is 0.351. The van der Waals surface area contributed by atoms with Crippen molar-refractivity contribution in [2.24, 2.45) is 11.7 Å². The summed E-state index contributed by atoms with van der Waals surface area (Å²) in [4.78, 5) is 15.7. The fraction of sp³-hybridized carbons (Fsp3) is 0.467. The Hall–Kier alpha value is -1.82. The van der Waals surface area contributed by atoms with Crippen LogP contribution in [0, 0.1) is 29.1 Å². The molecule has 0 radical (unpaired) electrons. The summed E-state index contributed by atoms with van der Waals surface area (Å²) in [5, 5.41) is 8.69. The molecule has 1 aromatic rings. The van der Waals surface area contributed by atoms with E-state index in [-0.39, 0.29) is 5.91 Å². The van der Waals surface area contributed by atoms with Crippen molar-refractivity contribution in [1.29, 1.82) is 5.26 Å². The van der Waals surface area contributed by atoms with Crippen LogP contribution in [0.1, 0.15) is 34.8 Å². The molecule has 0 aliphatic heterocycles. The fourth-order valence-corrected chi connectivity index (χ4v) is 2.56. The molecule has 1 aromatic heterocycles. The lowest BCUT2D eigenvalue weighted by atomic mass is 10.2. The first-order valence-corrected chi connectivity index (χ1v) is 7.35. The topological polar surface area (TPSA) is 70.1 Å². The SMILES string of the molecule is CC(C)CN(CCC#N)C(=O)c1ccc(C#CCN)s1. The highest BCUT2D eigenvalue weighted by Gasteiger charge is 2.18. The summed E-state index contributed by atoms with van der Waals surface area (Å²) in [6, 6.07) is 5.70. The van der Waals surface area contributed by atoms with E-state index in [0.717, 1.165) is 4.88 Å². The average Bonchev–Trinajstić information content (AvgIpc) is 2.88. The predicted molar refractivity (Wildman–Crippen MR) is 81.2 cm³/mol. The molecule has 4 nitrogen and oxygen atoms in total. The van der Waals surface area contributed by atoms with Crippen molar-refractivity contribution in [3.8, 4) is 17.9 Å². The molecule has 2 N–H and O–H groups in total. The molecule has 0 bridgehead atoms. The molecule has 20 heavy (non-hydrogen) atoms. The molecule has 1 amide bonds. The third-order valence-corrected chi connectivity index (χ3v) is 3.49. The Balaban J connectivity index is 2.82. The molecule has 0 aliphatic rings. The van der Waals surface area contributed by atoms with Gasteiger partial charge in [0.25, 0.3) is 5.91 Å². The van der Waals surface area contributed by atoms with Gasteiger partial charge in [-0.1, -0.05) is 25.7 Å². The van der Waals surface area contributed by atoms with Crippen LogP contribution < -0.4 is 5.73 Å². The summed E-state index contributed by atoms with van der Waals surface area (Å²) in [7, 11) is 0. The van der Waals surface area contributed by atoms with Gasteiger partial charge in [-0.05, 0) is 18.1 Å². The van der Waals surface area contributed by atoms with E-state index < -0.39 is 0 Å². The zero-order chi connectivity index (χ0) is 15.0. The van der Waals surface area contributed by atoms with Crippen molar-refractivity contribution in [2.75, 3.05) is 19.6 Å². The lowest BCUT2D eigenvalue weighted by Gasteiger charge is -2.22. The largest absolute Gasteiger partial charge is 0.337 e. The van der Waals surface area contributed by atoms with E-state index in [9.17, 15) is 4.79 Å². The summed E-state index contributed by atoms with van der Waals surface area (Å²) >= 11 is 1.37. The van der Waals surface area contributed by atoms with Crippen LogP contribution in [0.3, 0.4) is 0 Å². The Morgan fingerprint density at radius 3 is 2.85 bits per heavy atom. The third-order valence-electron chi connectivity index (χ3n) is 2.50. The van der Waals surface area contributed by atoms with Crippen LogP contribution in [-0.4, -0.2) is 30.4 Å². The molecule has 0 unspecified atom stereocenters. The summed E-state index contributed by atoms with van der Waals surface area (Å²) in [6.45, 7) is 5.54. The minimum atomic E-state index is -0.0280. The van der Waals surface area contributed by atoms with E-state index in [1.807, 2.05) is 6.07 Å². The Morgan fingerprint density at radius 2 is 2.25 bits per heavy atom. The molecule has 0 fully saturated rings. The first-order valence-electron chi connectivity index (χ1n) is 6.53. The van der Waals surface area contributed by atoms with E-state index in [2.05, 4.69) is 31.8 Å². The molecule has 1 rings (SSSR count). The van der Waals surface area contributed by atoms with Gasteiger partial charge < -0.3 is 10.6 Å². The Bertz CT molecular complexity index is 545. The molecular formula is C15H19N3OS. The normalized spacial score (nSPS) is 9.75. The van der Waals surface area contributed by atoms with Gasteiger partial charge in [0.05, 0.1) is 28.8 Å². The lowest BCUT2D eigenvalue weighted by molar-refractivity contribution is 0.0745. The number of carbonyl (C=O) groups is 1. The zero-order valence-corrected chi connectivity index (χ0v) is 12.7. The van der Waals surface area contributed by atoms with Crippen LogP contribution in [0.5, 0.6) is 0 Å². The van der Waals surface area contributed by atoms with Crippen LogP contribution in [0.4, 0.5) is 0 Å². The smallest absolute Gasteiger partial charge is 0.264 e. The van der Waals surface area contributed by atoms with Crippen LogP contribution in [-0.2, 0) is 0 Å². The summed E-state index contributed by atoms with van der Waals surface area (Å²) in [5.74, 6) is 6.04. The third kappa shape index (κ3) is 5.05. The zero-order valence-electron chi connectivity index (χ0n) is 11.8. The monoisotopic (exact) mass is 289 g/mol. The van der Waals surface area contributed by atoms with E-state index >= 15 is 0 Å². The molecule has 0 aromatic carbocycles. The second-order valence-corrected chi connectivity index (χ2v) is 5.81. The molecule has 0 saturated heterocycles. The Kier molecular flexibility index (Phi) is 6.79. The fourth-order valence-electron chi connectivity index (χ4n) is 1.72. The molecule has 1 heterocycles. The molecule has 5 heteroatoms. The van der Waals surface area contributed by atoms with E-state index in [0.29, 0.717) is 36.9 Å². The number of rotatable bonds is 5. The van der Waals surface area contributed by atoms with Gasteiger partial charge >= 0.3 is 0 Å². The van der Waals surface area contributed by atoms with Crippen LogP contribution in [0.25, 0.3) is 0 Å². The van der Waals surface area contributed by atoms with Gasteiger partial charge in [-0.15, -0.1) is 11.3 Å². The number of thiophene rings is 1. The number of hydrogen-bond donors (Lipinski definition) is 1. The summed E-state index contributed by atoms with van der Waals surface area (Å²) in [5.41, 5.74) is 5.33. The molecule has 106 valence electrons. The van der Waals surface area contributed by atoms with Crippen molar-refractivity contribution in [3.63, 3.8) is 0 Å². The highest BCUT2D eigenvalue weighted by atomic mass is 32.1. The minimum absolute atomic E-state index is 0.0280. The number of nitriles is 1. The maximum Gasteiger partial charge on any atom is 0.264 e. The Labute approximate surface area is 124 Å². The number of nitrogens with zero attached hydrogens (tertiary/aromatic N) is 2. The maximum absolute atomic E-state index is 12.4. The van der Waals surface area contributed by atoms with Crippen LogP contribution >= 0.6 is 11.3 Å². The van der Waals surface area contributed by atoms with Gasteiger partial charge in [0.15, 0.2) is 0 Å². The van der Waals surface area contributed by atoms with Gasteiger partial charge in [0.2, 0.25) is 0 Å². The van der Waals surface area contributed by atoms with E-state index in [1.165, 1.54) is 11.3 Å². The van der Waals surface area contributed by atoms with Crippen LogP contribution in [0.15, 0.2) is 12.1 Å². The van der Waals surface area contributed by atoms with Crippen molar-refractivity contribution >= 4 is 17.2 Å². The van der Waals surface area contributed by atoms with Crippen molar-refractivity contribution in [2.45, 2.75) is 20.3 Å². The van der Waals surface area contributed by atoms with Crippen molar-refractivity contribution in [3.05, 3.63) is 21.9 Å². The standard InChI is InChI=1S/C15H19N3OS/c1-12(2)11-18(10-4-9-17)15(19)14-7-6-13(20-14)5-3-8-16/h6-7,12H,4,8,10-11,16H2,1-2H3. The quantitative estimate of drug-likeness (QED) is 0.844. The second-order valence-electron chi connectivity index (χ2n) is 4.72. The average molecular weight is 289 g/mol. The molecule has 0 atom stereocenters. The van der Waals surface area contributed by atoms with Crippen molar-refractivity contribution < 1.29 is 4.79 Å². The highest BCUT2D eigenvalue weighted by molar-refractivity contribution is 7.14. The molecule has 0 spiro atoms. The number of carbonyl (C=O) groups excluding carboxylic acids is 1. The van der Waals surface area contributed by atoms with Crippen LogP contribution in [0.2, 0.25) is 0 Å². The molecular weight excluding hydrogens is 270 g/mol. The van der Waals surface area contributed by atoms with E-state index in [1.54, 1.807) is 11.0 Å². The molecule has 0 saturated carbocycles. The van der Waals surface area contributed by atoms with Gasteiger partial charge in [0.1, 0.15) is 0 Å². The second kappa shape index (κ2) is 8.37. The van der Waals surface area contributed by atoms with Gasteiger partial charge in [-0.25, -0.2) is 0 Å². The van der Waals surface area contributed by atoms with E-state index in [4.69, 9.17) is 11.0 Å². The Morgan fingerprint density at radius 1 is 1.50 bits per heavy atom. The highest BCUT2D eigenvalue weighted by Crippen LogP contribution is 2.18. The minimum Gasteiger partial charge on any atom is -0.337 e. The maximum atomic E-state index is 12.4. The number of amides is 1. The summed E-state index contributed by atoms with van der Waals surface area (Å²) < 4.78 is 0. The number of nitrogens with two attached hydrogens (primary N) is 1. The predicted octanol–water partition coefficient (Wildman–Crippen LogP) is 2.07. The first-order chi connectivity index (χ1) is 9.58. The van der Waals surface area contributed by atoms with Gasteiger partial charge in [-0.2, -0.15) is 5.26 Å². The lowest BCUT2D eigenvalue weighted by Crippen LogP contribution is -2.34.